The van der Waals surface area contributed by atoms with Gasteiger partial charge in [-0.3, -0.25) is 9.78 Å². The average Bonchev–Trinajstić information content (AvgIpc) is 3.17. The van der Waals surface area contributed by atoms with Crippen molar-refractivity contribution < 1.29 is 19.7 Å². The molecule has 0 saturated heterocycles. The molecule has 8 heteroatoms. The summed E-state index contributed by atoms with van der Waals surface area (Å²) in [6.07, 6.45) is -0.117. The Hall–Kier alpha value is -2.64. The molecule has 2 heterocycles. The van der Waals surface area contributed by atoms with Crippen LogP contribution < -0.4 is 4.74 Å². The standard InChI is InChI=1S/C25H22Cl2N2O4/c1-29(2)23(31)19-20(14-6-4-3-5-7-14)25(15-8-10-16(26)11-9-15)24(32,22(19)30)21-18(33-25)12-17(27)13-28-21/h3-13,19-20,22,30,32H,1-2H3/t19-,20-,22-,24+,25+/m1/s1. The van der Waals surface area contributed by atoms with E-state index in [2.05, 4.69) is 4.98 Å². The lowest BCUT2D eigenvalue weighted by Crippen LogP contribution is -2.52. The van der Waals surface area contributed by atoms with Gasteiger partial charge in [-0.15, -0.1) is 0 Å². The summed E-state index contributed by atoms with van der Waals surface area (Å²) < 4.78 is 6.56. The molecule has 2 aliphatic rings. The summed E-state index contributed by atoms with van der Waals surface area (Å²) in [7, 11) is 3.24. The smallest absolute Gasteiger partial charge is 0.228 e. The summed E-state index contributed by atoms with van der Waals surface area (Å²) in [5.74, 6) is -1.82. The number of hydrogen-bond donors (Lipinski definition) is 2. The molecule has 1 fully saturated rings. The number of benzene rings is 2. The maximum absolute atomic E-state index is 13.4. The summed E-state index contributed by atoms with van der Waals surface area (Å²) in [4.78, 5) is 19.2. The van der Waals surface area contributed by atoms with E-state index in [9.17, 15) is 15.0 Å². The van der Waals surface area contributed by atoms with Crippen molar-refractivity contribution >= 4 is 29.1 Å². The second-order valence-corrected chi connectivity index (χ2v) is 9.58. The van der Waals surface area contributed by atoms with Gasteiger partial charge in [0.15, 0.2) is 11.2 Å². The van der Waals surface area contributed by atoms with E-state index in [4.69, 9.17) is 27.9 Å². The van der Waals surface area contributed by atoms with E-state index in [-0.39, 0.29) is 17.4 Å². The number of pyridine rings is 1. The highest BCUT2D eigenvalue weighted by atomic mass is 35.5. The van der Waals surface area contributed by atoms with Crippen LogP contribution in [0.4, 0.5) is 0 Å². The van der Waals surface area contributed by atoms with Crippen LogP contribution in [0.2, 0.25) is 10.0 Å². The summed E-state index contributed by atoms with van der Waals surface area (Å²) in [6.45, 7) is 0. The number of amides is 1. The largest absolute Gasteiger partial charge is 0.476 e. The third-order valence-electron chi connectivity index (χ3n) is 6.74. The lowest BCUT2D eigenvalue weighted by Gasteiger charge is -2.40. The Kier molecular flexibility index (Phi) is 5.18. The lowest BCUT2D eigenvalue weighted by molar-refractivity contribution is -0.157. The number of fused-ring (bicyclic) bond motifs is 3. The summed E-state index contributed by atoms with van der Waals surface area (Å²) in [5, 5.41) is 24.9. The minimum atomic E-state index is -2.03. The van der Waals surface area contributed by atoms with Crippen LogP contribution in [-0.2, 0) is 16.0 Å². The zero-order valence-electron chi connectivity index (χ0n) is 17.9. The van der Waals surface area contributed by atoms with Gasteiger partial charge in [-0.1, -0.05) is 65.7 Å². The zero-order chi connectivity index (χ0) is 23.5. The average molecular weight is 485 g/mol. The Morgan fingerprint density at radius 2 is 1.73 bits per heavy atom. The van der Waals surface area contributed by atoms with E-state index in [1.54, 1.807) is 44.4 Å². The van der Waals surface area contributed by atoms with Crippen molar-refractivity contribution in [1.29, 1.82) is 0 Å². The summed E-state index contributed by atoms with van der Waals surface area (Å²) in [6, 6.07) is 17.7. The Labute approximate surface area is 201 Å². The van der Waals surface area contributed by atoms with Crippen molar-refractivity contribution in [3.8, 4) is 5.75 Å². The third-order valence-corrected chi connectivity index (χ3v) is 7.20. The van der Waals surface area contributed by atoms with Crippen molar-refractivity contribution in [3.05, 3.63) is 93.7 Å². The van der Waals surface area contributed by atoms with Crippen molar-refractivity contribution in [1.82, 2.24) is 9.88 Å². The fourth-order valence-electron chi connectivity index (χ4n) is 5.40. The first-order valence-corrected chi connectivity index (χ1v) is 11.2. The van der Waals surface area contributed by atoms with Gasteiger partial charge in [0.2, 0.25) is 5.91 Å². The topological polar surface area (TPSA) is 82.9 Å². The van der Waals surface area contributed by atoms with Gasteiger partial charge in [0.1, 0.15) is 17.5 Å². The monoisotopic (exact) mass is 484 g/mol. The highest BCUT2D eigenvalue weighted by Gasteiger charge is 2.78. The highest BCUT2D eigenvalue weighted by molar-refractivity contribution is 6.30. The van der Waals surface area contributed by atoms with Gasteiger partial charge in [-0.25, -0.2) is 0 Å². The Bertz CT molecular complexity index is 1220. The van der Waals surface area contributed by atoms with Crippen LogP contribution in [0.3, 0.4) is 0 Å². The number of carbonyl (C=O) groups is 1. The van der Waals surface area contributed by atoms with E-state index in [1.807, 2.05) is 30.3 Å². The first-order valence-electron chi connectivity index (χ1n) is 10.5. The number of aromatic nitrogens is 1. The van der Waals surface area contributed by atoms with Crippen LogP contribution in [0.5, 0.6) is 5.75 Å². The predicted octanol–water partition coefficient (Wildman–Crippen LogP) is 3.73. The molecule has 0 unspecified atom stereocenters. The minimum Gasteiger partial charge on any atom is -0.476 e. The molecule has 2 N–H and O–H groups in total. The molecule has 5 rings (SSSR count). The van der Waals surface area contributed by atoms with E-state index in [0.29, 0.717) is 15.6 Å². The molecule has 1 aromatic heterocycles. The second-order valence-electron chi connectivity index (χ2n) is 8.70. The molecule has 1 aliphatic carbocycles. The molecular weight excluding hydrogens is 463 g/mol. The SMILES string of the molecule is CN(C)C(=O)[C@H]1[C@@H](O)[C@@]2(O)c3ncc(Cl)cc3O[C@@]2(c2ccc(Cl)cc2)[C@@H]1c1ccccc1. The third kappa shape index (κ3) is 2.95. The zero-order valence-corrected chi connectivity index (χ0v) is 19.5. The lowest BCUT2D eigenvalue weighted by atomic mass is 9.71. The van der Waals surface area contributed by atoms with Crippen molar-refractivity contribution in [2.24, 2.45) is 5.92 Å². The fourth-order valence-corrected chi connectivity index (χ4v) is 5.68. The number of carbonyl (C=O) groups excluding carboxylic acids is 1. The molecular formula is C25H22Cl2N2O4. The van der Waals surface area contributed by atoms with Crippen LogP contribution in [0.15, 0.2) is 66.9 Å². The normalized spacial score (nSPS) is 29.8. The van der Waals surface area contributed by atoms with Crippen LogP contribution in [0.1, 0.15) is 22.7 Å². The van der Waals surface area contributed by atoms with E-state index in [0.717, 1.165) is 5.56 Å². The van der Waals surface area contributed by atoms with E-state index < -0.39 is 29.1 Å². The number of rotatable bonds is 3. The first kappa shape index (κ1) is 22.2. The van der Waals surface area contributed by atoms with Crippen LogP contribution in [-0.4, -0.2) is 46.2 Å². The Morgan fingerprint density at radius 1 is 1.06 bits per heavy atom. The van der Waals surface area contributed by atoms with Crippen LogP contribution >= 0.6 is 23.2 Å². The number of nitrogens with zero attached hydrogens (tertiary/aromatic N) is 2. The summed E-state index contributed by atoms with van der Waals surface area (Å²) in [5.41, 5.74) is -2.15. The van der Waals surface area contributed by atoms with Gasteiger partial charge in [0.05, 0.1) is 10.9 Å². The number of aliphatic hydroxyl groups is 2. The highest BCUT2D eigenvalue weighted by Crippen LogP contribution is 2.68. The molecule has 33 heavy (non-hydrogen) atoms. The van der Waals surface area contributed by atoms with Gasteiger partial charge >= 0.3 is 0 Å². The van der Waals surface area contributed by atoms with E-state index >= 15 is 0 Å². The Balaban J connectivity index is 1.87. The molecule has 6 nitrogen and oxygen atoms in total. The van der Waals surface area contributed by atoms with Crippen LogP contribution in [0, 0.1) is 5.92 Å². The van der Waals surface area contributed by atoms with Crippen LogP contribution in [0.25, 0.3) is 0 Å². The molecule has 3 aromatic rings. The van der Waals surface area contributed by atoms with Crippen molar-refractivity contribution in [2.75, 3.05) is 14.1 Å². The molecule has 1 amide bonds. The number of hydrogen-bond acceptors (Lipinski definition) is 5. The quantitative estimate of drug-likeness (QED) is 0.591. The predicted molar refractivity (Wildman–Crippen MR) is 124 cm³/mol. The molecule has 2 aromatic carbocycles. The van der Waals surface area contributed by atoms with E-state index in [1.165, 1.54) is 11.1 Å². The van der Waals surface area contributed by atoms with Gasteiger partial charge in [0.25, 0.3) is 0 Å². The number of aliphatic hydroxyl groups excluding tert-OH is 1. The first-order chi connectivity index (χ1) is 15.7. The van der Waals surface area contributed by atoms with Crippen molar-refractivity contribution in [3.63, 3.8) is 0 Å². The molecule has 0 radical (unpaired) electrons. The molecule has 1 aliphatic heterocycles. The molecule has 1 saturated carbocycles. The fraction of sp³-hybridized carbons (Fsp3) is 0.280. The molecule has 0 bridgehead atoms. The second kappa shape index (κ2) is 7.71. The van der Waals surface area contributed by atoms with Crippen molar-refractivity contribution in [2.45, 2.75) is 23.2 Å². The van der Waals surface area contributed by atoms with Gasteiger partial charge in [-0.05, 0) is 23.3 Å². The van der Waals surface area contributed by atoms with Gasteiger partial charge in [-0.2, -0.15) is 0 Å². The Morgan fingerprint density at radius 3 is 2.36 bits per heavy atom. The number of halogens is 2. The van der Waals surface area contributed by atoms with Gasteiger partial charge < -0.3 is 19.8 Å². The van der Waals surface area contributed by atoms with Gasteiger partial charge in [0, 0.05) is 37.3 Å². The summed E-state index contributed by atoms with van der Waals surface area (Å²) >= 11 is 12.3. The molecule has 170 valence electrons. The maximum Gasteiger partial charge on any atom is 0.228 e. The molecule has 5 atom stereocenters. The number of ether oxygens (including phenoxy) is 1. The maximum atomic E-state index is 13.4. The molecule has 0 spiro atoms. The minimum absolute atomic E-state index is 0.143.